The molecule has 0 saturated carbocycles. The molecule has 1 saturated heterocycles. The summed E-state index contributed by atoms with van der Waals surface area (Å²) in [5.41, 5.74) is -0.0968. The third kappa shape index (κ3) is 3.80. The molecule has 0 atom stereocenters. The van der Waals surface area contributed by atoms with Crippen LogP contribution in [0.15, 0.2) is 0 Å². The number of rotatable bonds is 3. The van der Waals surface area contributed by atoms with E-state index in [0.29, 0.717) is 6.42 Å². The summed E-state index contributed by atoms with van der Waals surface area (Å²) in [5.74, 6) is 0.266. The fraction of sp³-hybridized carbons (Fsp3) is 0.909. The number of carbonyl (C=O) groups is 1. The molecule has 1 N–H and O–H groups in total. The van der Waals surface area contributed by atoms with E-state index in [4.69, 9.17) is 0 Å². The lowest BCUT2D eigenvalue weighted by Gasteiger charge is -2.34. The predicted octanol–water partition coefficient (Wildman–Crippen LogP) is 0.149. The summed E-state index contributed by atoms with van der Waals surface area (Å²) >= 11 is 0. The Bertz CT molecular complexity index is 220. The zero-order valence-corrected chi connectivity index (χ0v) is 10.3. The maximum absolute atomic E-state index is 11.9. The molecule has 0 aromatic rings. The normalized spacial score (nSPS) is 19.3. The molecule has 0 bridgehead atoms. The van der Waals surface area contributed by atoms with Gasteiger partial charge < -0.3 is 15.1 Å². The van der Waals surface area contributed by atoms with Gasteiger partial charge in [0, 0.05) is 38.1 Å². The van der Waals surface area contributed by atoms with Crippen LogP contribution in [-0.4, -0.2) is 61.5 Å². The molecule has 0 unspecified atom stereocenters. The van der Waals surface area contributed by atoms with Gasteiger partial charge in [-0.1, -0.05) is 0 Å². The fourth-order valence-corrected chi connectivity index (χ4v) is 1.63. The van der Waals surface area contributed by atoms with E-state index >= 15 is 0 Å². The molecule has 1 rings (SSSR count). The van der Waals surface area contributed by atoms with Crippen LogP contribution in [0.3, 0.4) is 0 Å². The van der Waals surface area contributed by atoms with Crippen molar-refractivity contribution in [3.05, 3.63) is 0 Å². The van der Waals surface area contributed by atoms with Crippen LogP contribution in [0, 0.1) is 0 Å². The molecule has 4 heteroatoms. The molecule has 4 nitrogen and oxygen atoms in total. The molecule has 0 aromatic carbocycles. The van der Waals surface area contributed by atoms with E-state index in [1.165, 1.54) is 0 Å². The van der Waals surface area contributed by atoms with Crippen molar-refractivity contribution in [1.29, 1.82) is 0 Å². The zero-order valence-electron chi connectivity index (χ0n) is 10.3. The van der Waals surface area contributed by atoms with Gasteiger partial charge in [-0.25, -0.2) is 0 Å². The first kappa shape index (κ1) is 12.5. The van der Waals surface area contributed by atoms with Crippen LogP contribution in [0.5, 0.6) is 0 Å². The van der Waals surface area contributed by atoms with Crippen molar-refractivity contribution in [2.75, 3.05) is 40.3 Å². The molecule has 0 aliphatic carbocycles. The van der Waals surface area contributed by atoms with E-state index in [2.05, 4.69) is 31.1 Å². The summed E-state index contributed by atoms with van der Waals surface area (Å²) in [7, 11) is 4.00. The maximum Gasteiger partial charge on any atom is 0.224 e. The Labute approximate surface area is 92.6 Å². The molecule has 1 fully saturated rings. The van der Waals surface area contributed by atoms with Gasteiger partial charge in [0.1, 0.15) is 0 Å². The Kier molecular flexibility index (Phi) is 4.11. The molecular formula is C11H23N3O. The molecule has 0 radical (unpaired) electrons. The summed E-state index contributed by atoms with van der Waals surface area (Å²) < 4.78 is 0. The average molecular weight is 213 g/mol. The number of piperazine rings is 1. The first-order valence-electron chi connectivity index (χ1n) is 5.60. The Morgan fingerprint density at radius 1 is 1.27 bits per heavy atom. The molecule has 15 heavy (non-hydrogen) atoms. The van der Waals surface area contributed by atoms with Gasteiger partial charge in [0.05, 0.1) is 0 Å². The van der Waals surface area contributed by atoms with Crippen molar-refractivity contribution in [2.24, 2.45) is 0 Å². The molecule has 88 valence electrons. The van der Waals surface area contributed by atoms with Crippen molar-refractivity contribution < 1.29 is 4.79 Å². The van der Waals surface area contributed by atoms with Gasteiger partial charge in [-0.05, 0) is 27.9 Å². The minimum Gasteiger partial charge on any atom is -0.340 e. The molecule has 1 amide bonds. The number of likely N-dealkylation sites (N-methyl/N-ethyl adjacent to an activating group) is 1. The topological polar surface area (TPSA) is 35.6 Å². The Morgan fingerprint density at radius 2 is 1.80 bits per heavy atom. The second-order valence-electron chi connectivity index (χ2n) is 4.99. The molecule has 0 spiro atoms. The zero-order chi connectivity index (χ0) is 11.5. The molecule has 0 aromatic heterocycles. The van der Waals surface area contributed by atoms with Crippen LogP contribution in [0.4, 0.5) is 0 Å². The van der Waals surface area contributed by atoms with Gasteiger partial charge in [0.2, 0.25) is 5.91 Å². The highest BCUT2D eigenvalue weighted by Gasteiger charge is 2.25. The van der Waals surface area contributed by atoms with E-state index < -0.39 is 0 Å². The van der Waals surface area contributed by atoms with Crippen LogP contribution in [-0.2, 0) is 4.79 Å². The molecule has 1 aliphatic heterocycles. The van der Waals surface area contributed by atoms with Gasteiger partial charge in [-0.15, -0.1) is 0 Å². The summed E-state index contributed by atoms with van der Waals surface area (Å²) in [6.45, 7) is 7.84. The lowest BCUT2D eigenvalue weighted by Crippen LogP contribution is -2.50. The van der Waals surface area contributed by atoms with Crippen molar-refractivity contribution in [2.45, 2.75) is 25.8 Å². The number of hydrogen-bond acceptors (Lipinski definition) is 3. The van der Waals surface area contributed by atoms with Crippen molar-refractivity contribution in [3.63, 3.8) is 0 Å². The molecule has 1 heterocycles. The number of nitrogens with zero attached hydrogens (tertiary/aromatic N) is 2. The van der Waals surface area contributed by atoms with Gasteiger partial charge in [0.25, 0.3) is 0 Å². The highest BCUT2D eigenvalue weighted by atomic mass is 16.2. The Hall–Kier alpha value is -0.610. The fourth-order valence-electron chi connectivity index (χ4n) is 1.63. The quantitative estimate of drug-likeness (QED) is 0.725. The van der Waals surface area contributed by atoms with Crippen LogP contribution in [0.2, 0.25) is 0 Å². The lowest BCUT2D eigenvalue weighted by atomic mass is 10.00. The number of nitrogens with one attached hydrogen (secondary N) is 1. The highest BCUT2D eigenvalue weighted by Crippen LogP contribution is 2.11. The van der Waals surface area contributed by atoms with Crippen LogP contribution in [0.1, 0.15) is 20.3 Å². The summed E-state index contributed by atoms with van der Waals surface area (Å²) in [5, 5.41) is 3.16. The van der Waals surface area contributed by atoms with Crippen molar-refractivity contribution in [3.8, 4) is 0 Å². The maximum atomic E-state index is 11.9. The molecule has 1 aliphatic rings. The standard InChI is InChI=1S/C11H23N3O/c1-11(2,12-3)9-10(15)14-7-5-13(4)6-8-14/h12H,5-9H2,1-4H3. The van der Waals surface area contributed by atoms with E-state index in [1.54, 1.807) is 0 Å². The number of hydrogen-bond donors (Lipinski definition) is 1. The predicted molar refractivity (Wildman–Crippen MR) is 61.8 cm³/mol. The van der Waals surface area contributed by atoms with E-state index in [-0.39, 0.29) is 11.4 Å². The SMILES string of the molecule is CNC(C)(C)CC(=O)N1CCN(C)CC1. The minimum absolute atomic E-state index is 0.0968. The minimum atomic E-state index is -0.0968. The Balaban J connectivity index is 2.41. The number of amides is 1. The summed E-state index contributed by atoms with van der Waals surface area (Å²) in [6, 6.07) is 0. The lowest BCUT2D eigenvalue weighted by molar-refractivity contribution is -0.134. The third-order valence-electron chi connectivity index (χ3n) is 3.13. The Morgan fingerprint density at radius 3 is 2.27 bits per heavy atom. The first-order chi connectivity index (χ1) is 6.94. The van der Waals surface area contributed by atoms with Gasteiger partial charge in [-0.3, -0.25) is 4.79 Å². The molecular weight excluding hydrogens is 190 g/mol. The smallest absolute Gasteiger partial charge is 0.224 e. The van der Waals surface area contributed by atoms with Crippen molar-refractivity contribution >= 4 is 5.91 Å². The summed E-state index contributed by atoms with van der Waals surface area (Å²) in [6.07, 6.45) is 0.577. The van der Waals surface area contributed by atoms with Crippen LogP contribution >= 0.6 is 0 Å². The monoisotopic (exact) mass is 213 g/mol. The van der Waals surface area contributed by atoms with Gasteiger partial charge in [0.15, 0.2) is 0 Å². The second kappa shape index (κ2) is 4.94. The third-order valence-corrected chi connectivity index (χ3v) is 3.13. The van der Waals surface area contributed by atoms with Crippen LogP contribution in [0.25, 0.3) is 0 Å². The van der Waals surface area contributed by atoms with E-state index in [9.17, 15) is 4.79 Å². The second-order valence-corrected chi connectivity index (χ2v) is 4.99. The van der Waals surface area contributed by atoms with Crippen molar-refractivity contribution in [1.82, 2.24) is 15.1 Å². The first-order valence-corrected chi connectivity index (χ1v) is 5.60. The van der Waals surface area contributed by atoms with Crippen LogP contribution < -0.4 is 5.32 Å². The highest BCUT2D eigenvalue weighted by molar-refractivity contribution is 5.77. The average Bonchev–Trinajstić information content (AvgIpc) is 2.18. The number of carbonyl (C=O) groups excluding carboxylic acids is 1. The van der Waals surface area contributed by atoms with E-state index in [0.717, 1.165) is 26.2 Å². The van der Waals surface area contributed by atoms with Gasteiger partial charge >= 0.3 is 0 Å². The largest absolute Gasteiger partial charge is 0.340 e. The van der Waals surface area contributed by atoms with E-state index in [1.807, 2.05) is 11.9 Å². The summed E-state index contributed by atoms with van der Waals surface area (Å²) in [4.78, 5) is 16.2. The van der Waals surface area contributed by atoms with Gasteiger partial charge in [-0.2, -0.15) is 0 Å².